The Kier molecular flexibility index (Phi) is 5.49. The summed E-state index contributed by atoms with van der Waals surface area (Å²) < 4.78 is 0. The van der Waals surface area contributed by atoms with Gasteiger partial charge in [0, 0.05) is 6.20 Å². The van der Waals surface area contributed by atoms with Crippen LogP contribution in [0.15, 0.2) is 42.6 Å². The highest BCUT2D eigenvalue weighted by atomic mass is 16.4. The zero-order valence-corrected chi connectivity index (χ0v) is 15.0. The van der Waals surface area contributed by atoms with E-state index in [2.05, 4.69) is 55.1 Å². The van der Waals surface area contributed by atoms with E-state index in [1.165, 1.54) is 16.7 Å². The number of nitrogens with zero attached hydrogens (tertiary/aromatic N) is 2. The van der Waals surface area contributed by atoms with E-state index >= 15 is 0 Å². The Morgan fingerprint density at radius 3 is 2.60 bits per heavy atom. The van der Waals surface area contributed by atoms with Crippen molar-refractivity contribution in [3.63, 3.8) is 0 Å². The van der Waals surface area contributed by atoms with Gasteiger partial charge < -0.3 is 5.11 Å². The van der Waals surface area contributed by atoms with Crippen LogP contribution in [-0.4, -0.2) is 34.0 Å². The molecule has 0 radical (unpaired) electrons. The van der Waals surface area contributed by atoms with Gasteiger partial charge in [0.1, 0.15) is 0 Å². The average Bonchev–Trinajstić information content (AvgIpc) is 2.63. The van der Waals surface area contributed by atoms with Gasteiger partial charge in [0.05, 0.1) is 17.7 Å². The maximum Gasteiger partial charge on any atom is 0.306 e. The summed E-state index contributed by atoms with van der Waals surface area (Å²) in [5, 5.41) is 9.26. The van der Waals surface area contributed by atoms with Gasteiger partial charge in [-0.3, -0.25) is 14.7 Å². The van der Waals surface area contributed by atoms with Crippen LogP contribution in [0, 0.1) is 12.8 Å². The summed E-state index contributed by atoms with van der Waals surface area (Å²) in [4.78, 5) is 18.4. The molecule has 1 atom stereocenters. The lowest BCUT2D eigenvalue weighted by Crippen LogP contribution is -2.39. The molecular weight excluding hydrogens is 312 g/mol. The van der Waals surface area contributed by atoms with Crippen molar-refractivity contribution >= 4 is 5.97 Å². The van der Waals surface area contributed by atoms with Crippen LogP contribution >= 0.6 is 0 Å². The number of carboxylic acids is 1. The second-order valence-corrected chi connectivity index (χ2v) is 6.91. The van der Waals surface area contributed by atoms with Gasteiger partial charge in [0.2, 0.25) is 0 Å². The number of hydrogen-bond donors (Lipinski definition) is 1. The third kappa shape index (κ3) is 4.07. The van der Waals surface area contributed by atoms with Crippen molar-refractivity contribution in [2.45, 2.75) is 39.2 Å². The summed E-state index contributed by atoms with van der Waals surface area (Å²) in [6, 6.07) is 12.9. The van der Waals surface area contributed by atoms with E-state index in [1.807, 2.05) is 6.20 Å². The molecule has 1 aliphatic rings. The number of piperidine rings is 1. The molecule has 0 amide bonds. The second-order valence-electron chi connectivity index (χ2n) is 6.91. The van der Waals surface area contributed by atoms with Crippen LogP contribution in [0.3, 0.4) is 0 Å². The Morgan fingerprint density at radius 2 is 2.04 bits per heavy atom. The number of hydrogen-bond acceptors (Lipinski definition) is 3. The number of carboxylic acid groups (broad SMARTS) is 1. The Hall–Kier alpha value is -2.20. The minimum absolute atomic E-state index is 0.0838. The van der Waals surface area contributed by atoms with Crippen LogP contribution in [-0.2, 0) is 11.2 Å². The lowest BCUT2D eigenvalue weighted by Gasteiger charge is -2.36. The average molecular weight is 338 g/mol. The number of aryl methyl sites for hydroxylation is 2. The predicted molar refractivity (Wildman–Crippen MR) is 98.6 cm³/mol. The van der Waals surface area contributed by atoms with Gasteiger partial charge in [0.15, 0.2) is 0 Å². The molecule has 2 heterocycles. The summed E-state index contributed by atoms with van der Waals surface area (Å²) in [7, 11) is 0. The largest absolute Gasteiger partial charge is 0.481 e. The van der Waals surface area contributed by atoms with Gasteiger partial charge in [-0.2, -0.15) is 0 Å². The number of carbonyl (C=O) groups is 1. The fraction of sp³-hybridized carbons (Fsp3) is 0.429. The summed E-state index contributed by atoms with van der Waals surface area (Å²) in [5.41, 5.74) is 4.73. The molecule has 0 saturated carbocycles. The quantitative estimate of drug-likeness (QED) is 0.900. The first-order chi connectivity index (χ1) is 12.1. The molecule has 1 aromatic heterocycles. The second kappa shape index (κ2) is 7.79. The molecule has 0 bridgehead atoms. The standard InChI is InChI=1S/C21H26N2O2/c1-3-16-7-8-19(22-14-16)20(18-6-4-5-15(2)13-18)23-11-9-17(10-12-23)21(24)25/h4-8,13-14,17,20H,3,9-12H2,1-2H3,(H,24,25). The van der Waals surface area contributed by atoms with E-state index in [4.69, 9.17) is 4.98 Å². The van der Waals surface area contributed by atoms with Crippen LogP contribution in [0.1, 0.15) is 48.2 Å². The monoisotopic (exact) mass is 338 g/mol. The number of aromatic nitrogens is 1. The normalized spacial score (nSPS) is 17.4. The number of rotatable bonds is 5. The zero-order chi connectivity index (χ0) is 17.8. The number of likely N-dealkylation sites (tertiary alicyclic amines) is 1. The van der Waals surface area contributed by atoms with E-state index in [9.17, 15) is 9.90 Å². The van der Waals surface area contributed by atoms with Crippen molar-refractivity contribution in [1.82, 2.24) is 9.88 Å². The smallest absolute Gasteiger partial charge is 0.306 e. The lowest BCUT2D eigenvalue weighted by atomic mass is 9.92. The van der Waals surface area contributed by atoms with E-state index in [1.54, 1.807) is 0 Å². The van der Waals surface area contributed by atoms with E-state index in [0.29, 0.717) is 12.8 Å². The fourth-order valence-corrected chi connectivity index (χ4v) is 3.62. The van der Waals surface area contributed by atoms with Gasteiger partial charge in [-0.25, -0.2) is 0 Å². The molecular formula is C21H26N2O2. The van der Waals surface area contributed by atoms with Gasteiger partial charge in [-0.05, 0) is 56.5 Å². The first kappa shape index (κ1) is 17.6. The molecule has 0 spiro atoms. The summed E-state index contributed by atoms with van der Waals surface area (Å²) in [5.74, 6) is -0.887. The Balaban J connectivity index is 1.90. The van der Waals surface area contributed by atoms with Crippen LogP contribution in [0.2, 0.25) is 0 Å². The van der Waals surface area contributed by atoms with E-state index in [0.717, 1.165) is 25.2 Å². The van der Waals surface area contributed by atoms with E-state index in [-0.39, 0.29) is 12.0 Å². The van der Waals surface area contributed by atoms with Crippen molar-refractivity contribution < 1.29 is 9.90 Å². The number of aliphatic carboxylic acids is 1. The molecule has 1 unspecified atom stereocenters. The number of benzene rings is 1. The summed E-state index contributed by atoms with van der Waals surface area (Å²) in [6.07, 6.45) is 4.34. The molecule has 4 heteroatoms. The van der Waals surface area contributed by atoms with Crippen LogP contribution in [0.5, 0.6) is 0 Å². The summed E-state index contributed by atoms with van der Waals surface area (Å²) >= 11 is 0. The molecule has 1 aliphatic heterocycles. The molecule has 1 saturated heterocycles. The van der Waals surface area contributed by atoms with Crippen LogP contribution < -0.4 is 0 Å². The van der Waals surface area contributed by atoms with Gasteiger partial charge in [0.25, 0.3) is 0 Å². The molecule has 1 fully saturated rings. The minimum Gasteiger partial charge on any atom is -0.481 e. The van der Waals surface area contributed by atoms with Crippen molar-refractivity contribution in [2.24, 2.45) is 5.92 Å². The Labute approximate surface area is 149 Å². The van der Waals surface area contributed by atoms with Gasteiger partial charge in [-0.15, -0.1) is 0 Å². The molecule has 4 nitrogen and oxygen atoms in total. The zero-order valence-electron chi connectivity index (χ0n) is 15.0. The van der Waals surface area contributed by atoms with Crippen LogP contribution in [0.25, 0.3) is 0 Å². The Morgan fingerprint density at radius 1 is 1.28 bits per heavy atom. The molecule has 1 N–H and O–H groups in total. The summed E-state index contributed by atoms with van der Waals surface area (Å²) in [6.45, 7) is 5.80. The van der Waals surface area contributed by atoms with Crippen LogP contribution in [0.4, 0.5) is 0 Å². The lowest BCUT2D eigenvalue weighted by molar-refractivity contribution is -0.143. The van der Waals surface area contributed by atoms with Crippen molar-refractivity contribution in [3.05, 3.63) is 65.0 Å². The van der Waals surface area contributed by atoms with E-state index < -0.39 is 5.97 Å². The fourth-order valence-electron chi connectivity index (χ4n) is 3.62. The first-order valence-electron chi connectivity index (χ1n) is 9.06. The highest BCUT2D eigenvalue weighted by molar-refractivity contribution is 5.70. The topological polar surface area (TPSA) is 53.4 Å². The van der Waals surface area contributed by atoms with Crippen molar-refractivity contribution in [1.29, 1.82) is 0 Å². The maximum atomic E-state index is 11.3. The SMILES string of the molecule is CCc1ccc(C(c2cccc(C)c2)N2CCC(C(=O)O)CC2)nc1. The molecule has 132 valence electrons. The highest BCUT2D eigenvalue weighted by Gasteiger charge is 2.30. The van der Waals surface area contributed by atoms with Crippen molar-refractivity contribution in [3.8, 4) is 0 Å². The minimum atomic E-state index is -0.669. The molecule has 25 heavy (non-hydrogen) atoms. The molecule has 1 aromatic carbocycles. The third-order valence-corrected chi connectivity index (χ3v) is 5.14. The first-order valence-corrected chi connectivity index (χ1v) is 9.06. The molecule has 2 aromatic rings. The predicted octanol–water partition coefficient (Wildman–Crippen LogP) is 3.84. The van der Waals surface area contributed by atoms with Gasteiger partial charge in [-0.1, -0.05) is 42.8 Å². The van der Waals surface area contributed by atoms with Crippen molar-refractivity contribution in [2.75, 3.05) is 13.1 Å². The molecule has 0 aliphatic carbocycles. The Bertz CT molecular complexity index is 719. The maximum absolute atomic E-state index is 11.3. The van der Waals surface area contributed by atoms with Gasteiger partial charge >= 0.3 is 5.97 Å². The highest BCUT2D eigenvalue weighted by Crippen LogP contribution is 2.32. The number of pyridine rings is 1. The third-order valence-electron chi connectivity index (χ3n) is 5.14. The molecule has 3 rings (SSSR count).